The lowest BCUT2D eigenvalue weighted by molar-refractivity contribution is -0.121. The van der Waals surface area contributed by atoms with Crippen LogP contribution in [-0.2, 0) is 4.79 Å². The summed E-state index contributed by atoms with van der Waals surface area (Å²) in [5.41, 5.74) is 0.887. The van der Waals surface area contributed by atoms with E-state index in [2.05, 4.69) is 5.32 Å². The van der Waals surface area contributed by atoms with E-state index in [1.165, 1.54) is 0 Å². The summed E-state index contributed by atoms with van der Waals surface area (Å²) >= 11 is 5.93. The van der Waals surface area contributed by atoms with Crippen LogP contribution in [0.25, 0.3) is 0 Å². The van der Waals surface area contributed by atoms with Crippen LogP contribution < -0.4 is 10.2 Å². The predicted molar refractivity (Wildman–Crippen MR) is 65.9 cm³/mol. The van der Waals surface area contributed by atoms with Crippen LogP contribution >= 0.6 is 11.6 Å². The van der Waals surface area contributed by atoms with Gasteiger partial charge in [0.1, 0.15) is 0 Å². The predicted octanol–water partition coefficient (Wildman–Crippen LogP) is 2.05. The Morgan fingerprint density at radius 3 is 3.06 bits per heavy atom. The molecule has 16 heavy (non-hydrogen) atoms. The lowest BCUT2D eigenvalue weighted by atomic mass is 10.1. The molecular formula is C12H15ClN2O. The van der Waals surface area contributed by atoms with E-state index in [0.29, 0.717) is 11.6 Å². The Balaban J connectivity index is 2.23. The maximum absolute atomic E-state index is 12.1. The molecular weight excluding hydrogens is 224 g/mol. The molecule has 1 heterocycles. The molecule has 0 spiro atoms. The number of carbonyl (C=O) groups excluding carboxylic acids is 1. The number of halogens is 1. The summed E-state index contributed by atoms with van der Waals surface area (Å²) in [6.45, 7) is 3.55. The zero-order chi connectivity index (χ0) is 11.5. The minimum Gasteiger partial charge on any atom is -0.310 e. The molecule has 0 aromatic heterocycles. The van der Waals surface area contributed by atoms with E-state index in [-0.39, 0.29) is 11.9 Å². The highest BCUT2D eigenvalue weighted by Gasteiger charge is 2.27. The molecule has 1 aliphatic heterocycles. The number of nitrogens with one attached hydrogen (secondary N) is 1. The van der Waals surface area contributed by atoms with Gasteiger partial charge in [-0.2, -0.15) is 0 Å². The van der Waals surface area contributed by atoms with Gasteiger partial charge in [0.05, 0.1) is 6.04 Å². The molecule has 0 bridgehead atoms. The van der Waals surface area contributed by atoms with E-state index < -0.39 is 0 Å². The van der Waals surface area contributed by atoms with Crippen molar-refractivity contribution in [2.75, 3.05) is 18.0 Å². The van der Waals surface area contributed by atoms with Crippen LogP contribution in [0.3, 0.4) is 0 Å². The number of piperazine rings is 1. The summed E-state index contributed by atoms with van der Waals surface area (Å²) in [6.07, 6.45) is 0.815. The minimum atomic E-state index is -0.0623. The third-order valence-corrected chi connectivity index (χ3v) is 3.05. The number of anilines is 1. The molecule has 1 unspecified atom stereocenters. The second kappa shape index (κ2) is 4.85. The number of hydrogen-bond acceptors (Lipinski definition) is 2. The summed E-state index contributed by atoms with van der Waals surface area (Å²) in [4.78, 5) is 13.9. The molecule has 0 radical (unpaired) electrons. The summed E-state index contributed by atoms with van der Waals surface area (Å²) in [6, 6.07) is 7.37. The van der Waals surface area contributed by atoms with E-state index in [9.17, 15) is 4.79 Å². The number of rotatable bonds is 2. The Hall–Kier alpha value is -1.06. The van der Waals surface area contributed by atoms with Crippen molar-refractivity contribution in [3.63, 3.8) is 0 Å². The molecule has 1 aromatic carbocycles. The van der Waals surface area contributed by atoms with E-state index in [1.807, 2.05) is 31.2 Å². The van der Waals surface area contributed by atoms with Crippen LogP contribution in [0.15, 0.2) is 24.3 Å². The third-order valence-electron chi connectivity index (χ3n) is 2.82. The van der Waals surface area contributed by atoms with Gasteiger partial charge in [-0.05, 0) is 24.6 Å². The average Bonchev–Trinajstić information content (AvgIpc) is 2.29. The van der Waals surface area contributed by atoms with Crippen LogP contribution in [0.1, 0.15) is 13.3 Å². The fraction of sp³-hybridized carbons (Fsp3) is 0.417. The topological polar surface area (TPSA) is 32.3 Å². The Bertz CT molecular complexity index is 394. The van der Waals surface area contributed by atoms with E-state index >= 15 is 0 Å². The molecule has 4 heteroatoms. The Morgan fingerprint density at radius 2 is 2.38 bits per heavy atom. The average molecular weight is 239 g/mol. The summed E-state index contributed by atoms with van der Waals surface area (Å²) in [7, 11) is 0. The van der Waals surface area contributed by atoms with Crippen molar-refractivity contribution in [2.24, 2.45) is 0 Å². The van der Waals surface area contributed by atoms with Gasteiger partial charge in [-0.3, -0.25) is 4.79 Å². The van der Waals surface area contributed by atoms with Crippen LogP contribution in [0, 0.1) is 0 Å². The zero-order valence-electron chi connectivity index (χ0n) is 9.24. The SMILES string of the molecule is CCC1NCCN(c2cccc(Cl)c2)C1=O. The van der Waals surface area contributed by atoms with Gasteiger partial charge in [0.2, 0.25) is 5.91 Å². The lowest BCUT2D eigenvalue weighted by Crippen LogP contribution is -2.54. The van der Waals surface area contributed by atoms with Gasteiger partial charge < -0.3 is 10.2 Å². The van der Waals surface area contributed by atoms with Crippen molar-refractivity contribution in [3.8, 4) is 0 Å². The maximum atomic E-state index is 12.1. The van der Waals surface area contributed by atoms with Gasteiger partial charge in [-0.15, -0.1) is 0 Å². The third kappa shape index (κ3) is 2.20. The largest absolute Gasteiger partial charge is 0.310 e. The lowest BCUT2D eigenvalue weighted by Gasteiger charge is -2.32. The number of amides is 1. The summed E-state index contributed by atoms with van der Waals surface area (Å²) < 4.78 is 0. The van der Waals surface area contributed by atoms with E-state index in [4.69, 9.17) is 11.6 Å². The minimum absolute atomic E-state index is 0.0623. The van der Waals surface area contributed by atoms with Crippen LogP contribution in [-0.4, -0.2) is 25.0 Å². The first-order valence-corrected chi connectivity index (χ1v) is 5.90. The van der Waals surface area contributed by atoms with Crippen molar-refractivity contribution in [2.45, 2.75) is 19.4 Å². The first-order chi connectivity index (χ1) is 7.72. The molecule has 1 aromatic rings. The fourth-order valence-electron chi connectivity index (χ4n) is 1.96. The Morgan fingerprint density at radius 1 is 1.56 bits per heavy atom. The monoisotopic (exact) mass is 238 g/mol. The number of carbonyl (C=O) groups is 1. The fourth-order valence-corrected chi connectivity index (χ4v) is 2.14. The van der Waals surface area contributed by atoms with Crippen molar-refractivity contribution in [1.29, 1.82) is 0 Å². The molecule has 3 nitrogen and oxygen atoms in total. The zero-order valence-corrected chi connectivity index (χ0v) is 10.00. The molecule has 1 fully saturated rings. The van der Waals surface area contributed by atoms with Crippen molar-refractivity contribution >= 4 is 23.2 Å². The number of nitrogens with zero attached hydrogens (tertiary/aromatic N) is 1. The van der Waals surface area contributed by atoms with Gasteiger partial charge in [0.15, 0.2) is 0 Å². The second-order valence-corrected chi connectivity index (χ2v) is 4.32. The summed E-state index contributed by atoms with van der Waals surface area (Å²) in [5, 5.41) is 3.87. The van der Waals surface area contributed by atoms with Crippen molar-refractivity contribution < 1.29 is 4.79 Å². The van der Waals surface area contributed by atoms with E-state index in [0.717, 1.165) is 18.7 Å². The molecule has 1 N–H and O–H groups in total. The Kier molecular flexibility index (Phi) is 3.46. The molecule has 2 rings (SSSR count). The van der Waals surface area contributed by atoms with Crippen molar-refractivity contribution in [1.82, 2.24) is 5.32 Å². The Labute approximate surface area is 100 Å². The highest BCUT2D eigenvalue weighted by molar-refractivity contribution is 6.30. The van der Waals surface area contributed by atoms with Crippen LogP contribution in [0.4, 0.5) is 5.69 Å². The maximum Gasteiger partial charge on any atom is 0.244 e. The molecule has 0 aliphatic carbocycles. The normalized spacial score (nSPS) is 21.2. The molecule has 1 amide bonds. The van der Waals surface area contributed by atoms with E-state index in [1.54, 1.807) is 4.90 Å². The number of hydrogen-bond donors (Lipinski definition) is 1. The van der Waals surface area contributed by atoms with Gasteiger partial charge in [-0.1, -0.05) is 24.6 Å². The van der Waals surface area contributed by atoms with Gasteiger partial charge in [0, 0.05) is 23.8 Å². The molecule has 86 valence electrons. The first-order valence-electron chi connectivity index (χ1n) is 5.52. The highest BCUT2D eigenvalue weighted by atomic mass is 35.5. The van der Waals surface area contributed by atoms with Gasteiger partial charge in [0.25, 0.3) is 0 Å². The molecule has 1 saturated heterocycles. The highest BCUT2D eigenvalue weighted by Crippen LogP contribution is 2.21. The first kappa shape index (κ1) is 11.4. The quantitative estimate of drug-likeness (QED) is 0.856. The van der Waals surface area contributed by atoms with Crippen LogP contribution in [0.2, 0.25) is 5.02 Å². The molecule has 1 atom stereocenters. The van der Waals surface area contributed by atoms with Crippen LogP contribution in [0.5, 0.6) is 0 Å². The smallest absolute Gasteiger partial charge is 0.244 e. The van der Waals surface area contributed by atoms with Crippen molar-refractivity contribution in [3.05, 3.63) is 29.3 Å². The van der Waals surface area contributed by atoms with Gasteiger partial charge in [-0.25, -0.2) is 0 Å². The standard InChI is InChI=1S/C12H15ClN2O/c1-2-11-12(16)15(7-6-14-11)10-5-3-4-9(13)8-10/h3-5,8,11,14H,2,6-7H2,1H3. The van der Waals surface area contributed by atoms with Gasteiger partial charge >= 0.3 is 0 Å². The molecule has 1 aliphatic rings. The second-order valence-electron chi connectivity index (χ2n) is 3.88. The molecule has 0 saturated carbocycles. The number of benzene rings is 1. The summed E-state index contributed by atoms with van der Waals surface area (Å²) in [5.74, 6) is 0.135.